The number of carbonyl (C=O) groups is 1. The fraction of sp³-hybridized carbons (Fsp3) is 0.345. The van der Waals surface area contributed by atoms with E-state index in [1.165, 1.54) is 23.8 Å². The molecule has 178 valence electrons. The van der Waals surface area contributed by atoms with Gasteiger partial charge in [0.25, 0.3) is 5.91 Å². The molecule has 1 N–H and O–H groups in total. The molecule has 4 nitrogen and oxygen atoms in total. The standard InChI is InChI=1S/C29H32FNO3/c1-2-3-4-9-20-34-27-13-8-5-10-24(27)21-31(29(33)18-19-29)28(32)23-16-14-22(15-17-23)25-11-6-7-12-26(25)30/h5-8,10-17,33H,2-4,9,18-21H2,1H3. The van der Waals surface area contributed by atoms with Gasteiger partial charge in [-0.3, -0.25) is 4.79 Å². The van der Waals surface area contributed by atoms with Gasteiger partial charge in [0.05, 0.1) is 13.2 Å². The molecule has 1 amide bonds. The number of benzene rings is 3. The third-order valence-electron chi connectivity index (χ3n) is 6.32. The Morgan fingerprint density at radius 2 is 1.68 bits per heavy atom. The largest absolute Gasteiger partial charge is 0.493 e. The molecule has 0 atom stereocenters. The Balaban J connectivity index is 1.50. The smallest absolute Gasteiger partial charge is 0.256 e. The molecule has 5 heteroatoms. The van der Waals surface area contributed by atoms with E-state index < -0.39 is 5.72 Å². The second-order valence-corrected chi connectivity index (χ2v) is 8.95. The normalized spacial score (nSPS) is 14.0. The van der Waals surface area contributed by atoms with Crippen LogP contribution in [0.3, 0.4) is 0 Å². The fourth-order valence-electron chi connectivity index (χ4n) is 4.09. The molecular formula is C29H32FNO3. The van der Waals surface area contributed by atoms with Crippen molar-refractivity contribution in [2.75, 3.05) is 6.61 Å². The molecule has 0 aromatic heterocycles. The van der Waals surface area contributed by atoms with E-state index in [4.69, 9.17) is 4.74 Å². The summed E-state index contributed by atoms with van der Waals surface area (Å²) in [6.45, 7) is 3.07. The molecule has 3 aromatic carbocycles. The summed E-state index contributed by atoms with van der Waals surface area (Å²) in [5, 5.41) is 10.9. The highest BCUT2D eigenvalue weighted by Crippen LogP contribution is 2.41. The van der Waals surface area contributed by atoms with Crippen molar-refractivity contribution in [1.29, 1.82) is 0 Å². The van der Waals surface area contributed by atoms with Gasteiger partial charge in [-0.25, -0.2) is 4.39 Å². The van der Waals surface area contributed by atoms with Crippen molar-refractivity contribution < 1.29 is 19.0 Å². The van der Waals surface area contributed by atoms with Gasteiger partial charge >= 0.3 is 0 Å². The van der Waals surface area contributed by atoms with Gasteiger partial charge in [0.15, 0.2) is 0 Å². The molecule has 0 bridgehead atoms. The zero-order chi connectivity index (χ0) is 24.0. The first-order valence-electron chi connectivity index (χ1n) is 12.1. The lowest BCUT2D eigenvalue weighted by atomic mass is 10.0. The minimum Gasteiger partial charge on any atom is -0.493 e. The number of carbonyl (C=O) groups excluding carboxylic acids is 1. The Bertz CT molecular complexity index is 1110. The van der Waals surface area contributed by atoms with E-state index >= 15 is 0 Å². The molecule has 1 fully saturated rings. The Morgan fingerprint density at radius 3 is 2.38 bits per heavy atom. The average Bonchev–Trinajstić information content (AvgIpc) is 3.61. The van der Waals surface area contributed by atoms with Crippen molar-refractivity contribution in [3.05, 3.63) is 89.7 Å². The number of rotatable bonds is 11. The lowest BCUT2D eigenvalue weighted by Gasteiger charge is -2.29. The van der Waals surface area contributed by atoms with Gasteiger partial charge in [-0.1, -0.05) is 74.7 Å². The number of nitrogens with zero attached hydrogens (tertiary/aromatic N) is 1. The summed E-state index contributed by atoms with van der Waals surface area (Å²) in [6, 6.07) is 21.1. The van der Waals surface area contributed by atoms with E-state index in [0.717, 1.165) is 24.2 Å². The molecule has 0 radical (unpaired) electrons. The minimum absolute atomic E-state index is 0.252. The molecule has 34 heavy (non-hydrogen) atoms. The Kier molecular flexibility index (Phi) is 7.63. The van der Waals surface area contributed by atoms with Crippen LogP contribution in [0.25, 0.3) is 11.1 Å². The molecule has 0 heterocycles. The summed E-state index contributed by atoms with van der Waals surface area (Å²) in [4.78, 5) is 15.0. The van der Waals surface area contributed by atoms with E-state index in [1.54, 1.807) is 42.5 Å². The number of para-hydroxylation sites is 1. The quantitative estimate of drug-likeness (QED) is 0.259. The number of amides is 1. The highest BCUT2D eigenvalue weighted by Gasteiger charge is 2.49. The second kappa shape index (κ2) is 10.8. The van der Waals surface area contributed by atoms with Gasteiger partial charge in [-0.05, 0) is 49.1 Å². The molecule has 4 rings (SSSR count). The molecule has 0 aliphatic heterocycles. The van der Waals surface area contributed by atoms with Crippen LogP contribution in [0, 0.1) is 5.82 Å². The van der Waals surface area contributed by atoms with Crippen LogP contribution in [0.15, 0.2) is 72.8 Å². The van der Waals surface area contributed by atoms with Crippen LogP contribution in [0.1, 0.15) is 61.4 Å². The van der Waals surface area contributed by atoms with Crippen LogP contribution >= 0.6 is 0 Å². The van der Waals surface area contributed by atoms with E-state index in [2.05, 4.69) is 6.92 Å². The van der Waals surface area contributed by atoms with Crippen molar-refractivity contribution >= 4 is 5.91 Å². The van der Waals surface area contributed by atoms with Gasteiger partial charge < -0.3 is 14.7 Å². The maximum absolute atomic E-state index is 14.1. The van der Waals surface area contributed by atoms with Crippen molar-refractivity contribution in [3.8, 4) is 16.9 Å². The number of unbranched alkanes of at least 4 members (excludes halogenated alkanes) is 3. The number of ether oxygens (including phenoxy) is 1. The van der Waals surface area contributed by atoms with Gasteiger partial charge in [0.1, 0.15) is 17.3 Å². The average molecular weight is 462 g/mol. The Labute approximate surface area is 201 Å². The zero-order valence-electron chi connectivity index (χ0n) is 19.7. The monoisotopic (exact) mass is 461 g/mol. The van der Waals surface area contributed by atoms with E-state index in [9.17, 15) is 14.3 Å². The molecular weight excluding hydrogens is 429 g/mol. The summed E-state index contributed by atoms with van der Waals surface area (Å²) in [7, 11) is 0. The van der Waals surface area contributed by atoms with Crippen LogP contribution in [-0.2, 0) is 6.54 Å². The number of halogens is 1. The first-order chi connectivity index (χ1) is 16.5. The molecule has 3 aromatic rings. The van der Waals surface area contributed by atoms with Crippen molar-refractivity contribution in [2.24, 2.45) is 0 Å². The summed E-state index contributed by atoms with van der Waals surface area (Å²) in [6.07, 6.45) is 5.58. The lowest BCUT2D eigenvalue weighted by molar-refractivity contribution is -0.0150. The summed E-state index contributed by atoms with van der Waals surface area (Å²) >= 11 is 0. The Hall–Kier alpha value is -3.18. The summed E-state index contributed by atoms with van der Waals surface area (Å²) in [5.41, 5.74) is 1.38. The maximum atomic E-state index is 14.1. The maximum Gasteiger partial charge on any atom is 0.256 e. The van der Waals surface area contributed by atoms with Crippen LogP contribution in [0.2, 0.25) is 0 Å². The third kappa shape index (κ3) is 5.65. The van der Waals surface area contributed by atoms with Crippen LogP contribution in [0.5, 0.6) is 5.75 Å². The highest BCUT2D eigenvalue weighted by molar-refractivity contribution is 5.95. The number of aliphatic hydroxyl groups is 1. The van der Waals surface area contributed by atoms with Crippen LogP contribution in [0.4, 0.5) is 4.39 Å². The van der Waals surface area contributed by atoms with Crippen molar-refractivity contribution in [1.82, 2.24) is 4.90 Å². The summed E-state index contributed by atoms with van der Waals surface area (Å²) in [5.74, 6) is 0.190. The van der Waals surface area contributed by atoms with Crippen LogP contribution in [-0.4, -0.2) is 28.2 Å². The topological polar surface area (TPSA) is 49.8 Å². The molecule has 0 unspecified atom stereocenters. The van der Waals surface area contributed by atoms with E-state index in [0.29, 0.717) is 36.1 Å². The van der Waals surface area contributed by atoms with Gasteiger partial charge in [-0.2, -0.15) is 0 Å². The molecule has 1 aliphatic rings. The highest BCUT2D eigenvalue weighted by atomic mass is 19.1. The lowest BCUT2D eigenvalue weighted by Crippen LogP contribution is -2.41. The third-order valence-corrected chi connectivity index (χ3v) is 6.32. The fourth-order valence-corrected chi connectivity index (χ4v) is 4.09. The second-order valence-electron chi connectivity index (χ2n) is 8.95. The summed E-state index contributed by atoms with van der Waals surface area (Å²) < 4.78 is 20.2. The first-order valence-corrected chi connectivity index (χ1v) is 12.1. The SMILES string of the molecule is CCCCCCOc1ccccc1CN(C(=O)c1ccc(-c2ccccc2F)cc1)C1(O)CC1. The molecule has 1 saturated carbocycles. The number of hydrogen-bond acceptors (Lipinski definition) is 3. The zero-order valence-corrected chi connectivity index (χ0v) is 19.7. The van der Waals surface area contributed by atoms with E-state index in [1.807, 2.05) is 24.3 Å². The van der Waals surface area contributed by atoms with Gasteiger partial charge in [-0.15, -0.1) is 0 Å². The minimum atomic E-state index is -1.14. The Morgan fingerprint density at radius 1 is 0.971 bits per heavy atom. The first kappa shape index (κ1) is 24.0. The van der Waals surface area contributed by atoms with Gasteiger partial charge in [0.2, 0.25) is 0 Å². The van der Waals surface area contributed by atoms with Crippen molar-refractivity contribution in [2.45, 2.75) is 57.7 Å². The van der Waals surface area contributed by atoms with Crippen molar-refractivity contribution in [3.63, 3.8) is 0 Å². The van der Waals surface area contributed by atoms with E-state index in [-0.39, 0.29) is 18.3 Å². The molecule has 0 saturated heterocycles. The van der Waals surface area contributed by atoms with Gasteiger partial charge in [0, 0.05) is 16.7 Å². The predicted molar refractivity (Wildman–Crippen MR) is 132 cm³/mol. The predicted octanol–water partition coefficient (Wildman–Crippen LogP) is 6.58. The molecule has 1 aliphatic carbocycles. The molecule has 0 spiro atoms. The van der Waals surface area contributed by atoms with Crippen LogP contribution < -0.4 is 4.74 Å². The number of hydrogen-bond donors (Lipinski definition) is 1.